The number of rotatable bonds is 4. The molecule has 3 rings (SSSR count). The maximum absolute atomic E-state index is 4.55. The van der Waals surface area contributed by atoms with Crippen LogP contribution in [0.1, 0.15) is 5.82 Å². The van der Waals surface area contributed by atoms with Gasteiger partial charge in [-0.05, 0) is 12.1 Å². The van der Waals surface area contributed by atoms with Gasteiger partial charge in [-0.3, -0.25) is 0 Å². The molecular weight excluding hydrogens is 226 g/mol. The van der Waals surface area contributed by atoms with E-state index >= 15 is 0 Å². The molecule has 2 heterocycles. The van der Waals surface area contributed by atoms with E-state index in [2.05, 4.69) is 30.9 Å². The molecule has 2 aromatic heterocycles. The minimum absolute atomic E-state index is 0.810. The van der Waals surface area contributed by atoms with E-state index in [4.69, 9.17) is 0 Å². The summed E-state index contributed by atoms with van der Waals surface area (Å²) in [7, 11) is 2.02. The molecule has 5 nitrogen and oxygen atoms in total. The lowest BCUT2D eigenvalue weighted by Gasteiger charge is -2.04. The van der Waals surface area contributed by atoms with Crippen LogP contribution in [-0.4, -0.2) is 26.1 Å². The molecule has 1 aromatic carbocycles. The van der Waals surface area contributed by atoms with Gasteiger partial charge in [-0.2, -0.15) is 0 Å². The summed E-state index contributed by atoms with van der Waals surface area (Å²) in [5.41, 5.74) is 2.15. The van der Waals surface area contributed by atoms with Crippen molar-refractivity contribution < 1.29 is 0 Å². The minimum atomic E-state index is 0.810. The average Bonchev–Trinajstić information content (AvgIpc) is 3.00. The number of aromatic amines is 1. The van der Waals surface area contributed by atoms with Gasteiger partial charge in [0.15, 0.2) is 0 Å². The topological polar surface area (TPSA) is 58.5 Å². The van der Waals surface area contributed by atoms with E-state index in [1.165, 1.54) is 0 Å². The maximum atomic E-state index is 4.55. The van der Waals surface area contributed by atoms with Gasteiger partial charge in [-0.25, -0.2) is 9.97 Å². The standard InChI is InChI=1S/C13H15N5/c1-18-11-5-3-2-4-10(11)17-13(18)16-7-6-12-14-8-9-15-12/h2-5,8-9H,6-7H2,1H3,(H,14,15)(H,16,17). The summed E-state index contributed by atoms with van der Waals surface area (Å²) in [6.07, 6.45) is 4.46. The van der Waals surface area contributed by atoms with Crippen molar-refractivity contribution in [2.45, 2.75) is 6.42 Å². The molecule has 0 bridgehead atoms. The van der Waals surface area contributed by atoms with Crippen LogP contribution in [0, 0.1) is 0 Å². The van der Waals surface area contributed by atoms with E-state index in [0.717, 1.165) is 35.8 Å². The number of hydrogen-bond acceptors (Lipinski definition) is 3. The van der Waals surface area contributed by atoms with Crippen LogP contribution in [0.4, 0.5) is 5.95 Å². The highest BCUT2D eigenvalue weighted by Crippen LogP contribution is 2.17. The first kappa shape index (κ1) is 10.8. The summed E-state index contributed by atoms with van der Waals surface area (Å²) in [5, 5.41) is 3.33. The fraction of sp³-hybridized carbons (Fsp3) is 0.231. The minimum Gasteiger partial charge on any atom is -0.355 e. The largest absolute Gasteiger partial charge is 0.355 e. The molecule has 3 aromatic rings. The molecule has 0 unspecified atom stereocenters. The van der Waals surface area contributed by atoms with Crippen LogP contribution >= 0.6 is 0 Å². The van der Waals surface area contributed by atoms with Crippen molar-refractivity contribution >= 4 is 17.0 Å². The summed E-state index contributed by atoms with van der Waals surface area (Å²) >= 11 is 0. The number of nitrogens with zero attached hydrogens (tertiary/aromatic N) is 3. The Morgan fingerprint density at radius 2 is 2.22 bits per heavy atom. The number of aryl methyl sites for hydroxylation is 1. The number of aromatic nitrogens is 4. The van der Waals surface area contributed by atoms with Gasteiger partial charge in [-0.15, -0.1) is 0 Å². The van der Waals surface area contributed by atoms with E-state index in [1.54, 1.807) is 6.20 Å². The predicted octanol–water partition coefficient (Wildman–Crippen LogP) is 1.95. The molecule has 0 aliphatic rings. The number of fused-ring (bicyclic) bond motifs is 1. The third-order valence-corrected chi connectivity index (χ3v) is 2.99. The van der Waals surface area contributed by atoms with Crippen LogP contribution in [0.15, 0.2) is 36.7 Å². The van der Waals surface area contributed by atoms with Crippen LogP contribution in [0.3, 0.4) is 0 Å². The van der Waals surface area contributed by atoms with Gasteiger partial charge < -0.3 is 14.9 Å². The fourth-order valence-electron chi connectivity index (χ4n) is 2.03. The van der Waals surface area contributed by atoms with E-state index in [-0.39, 0.29) is 0 Å². The van der Waals surface area contributed by atoms with Crippen LogP contribution in [0.2, 0.25) is 0 Å². The van der Waals surface area contributed by atoms with Crippen molar-refractivity contribution in [1.82, 2.24) is 19.5 Å². The molecule has 5 heteroatoms. The first-order valence-corrected chi connectivity index (χ1v) is 5.98. The average molecular weight is 241 g/mol. The molecule has 0 saturated heterocycles. The summed E-state index contributed by atoms with van der Waals surface area (Å²) in [5.74, 6) is 1.88. The smallest absolute Gasteiger partial charge is 0.203 e. The Labute approximate surface area is 105 Å². The predicted molar refractivity (Wildman–Crippen MR) is 71.5 cm³/mol. The summed E-state index contributed by atoms with van der Waals surface area (Å²) in [6, 6.07) is 8.12. The number of H-pyrrole nitrogens is 1. The van der Waals surface area contributed by atoms with Gasteiger partial charge in [0.05, 0.1) is 11.0 Å². The van der Waals surface area contributed by atoms with Crippen LogP contribution < -0.4 is 5.32 Å². The van der Waals surface area contributed by atoms with Crippen LogP contribution in [0.25, 0.3) is 11.0 Å². The zero-order chi connectivity index (χ0) is 12.4. The molecule has 0 aliphatic carbocycles. The molecule has 0 radical (unpaired) electrons. The Morgan fingerprint density at radius 1 is 1.33 bits per heavy atom. The number of benzene rings is 1. The second-order valence-corrected chi connectivity index (χ2v) is 4.20. The second kappa shape index (κ2) is 4.52. The number of nitrogens with one attached hydrogen (secondary N) is 2. The second-order valence-electron chi connectivity index (χ2n) is 4.20. The Bertz CT molecular complexity index is 639. The van der Waals surface area contributed by atoms with Crippen molar-refractivity contribution in [3.05, 3.63) is 42.5 Å². The normalized spacial score (nSPS) is 10.9. The van der Waals surface area contributed by atoms with Gasteiger partial charge in [0.2, 0.25) is 5.95 Å². The highest BCUT2D eigenvalue weighted by Gasteiger charge is 2.06. The molecule has 0 fully saturated rings. The lowest BCUT2D eigenvalue weighted by molar-refractivity contribution is 0.882. The Morgan fingerprint density at radius 3 is 3.00 bits per heavy atom. The number of hydrogen-bond donors (Lipinski definition) is 2. The molecule has 0 spiro atoms. The zero-order valence-electron chi connectivity index (χ0n) is 10.2. The lowest BCUT2D eigenvalue weighted by Crippen LogP contribution is -2.09. The molecule has 92 valence electrons. The van der Waals surface area contributed by atoms with Crippen molar-refractivity contribution in [2.24, 2.45) is 7.05 Å². The number of para-hydroxylation sites is 2. The summed E-state index contributed by atoms with van der Waals surface area (Å²) in [4.78, 5) is 11.8. The maximum Gasteiger partial charge on any atom is 0.203 e. The Kier molecular flexibility index (Phi) is 2.72. The Balaban J connectivity index is 1.73. The highest BCUT2D eigenvalue weighted by molar-refractivity contribution is 5.78. The van der Waals surface area contributed by atoms with Crippen LogP contribution in [-0.2, 0) is 13.5 Å². The molecule has 18 heavy (non-hydrogen) atoms. The molecule has 2 N–H and O–H groups in total. The molecule has 0 amide bonds. The zero-order valence-corrected chi connectivity index (χ0v) is 10.2. The van der Waals surface area contributed by atoms with Crippen molar-refractivity contribution in [2.75, 3.05) is 11.9 Å². The van der Waals surface area contributed by atoms with Gasteiger partial charge in [0.25, 0.3) is 0 Å². The van der Waals surface area contributed by atoms with E-state index in [0.29, 0.717) is 0 Å². The SMILES string of the molecule is Cn1c(NCCc2ncc[nH]2)nc2ccccc21. The highest BCUT2D eigenvalue weighted by atomic mass is 15.2. The number of anilines is 1. The third-order valence-electron chi connectivity index (χ3n) is 2.99. The van der Waals surface area contributed by atoms with E-state index in [1.807, 2.05) is 31.4 Å². The van der Waals surface area contributed by atoms with Gasteiger partial charge in [0.1, 0.15) is 5.82 Å². The van der Waals surface area contributed by atoms with E-state index in [9.17, 15) is 0 Å². The van der Waals surface area contributed by atoms with Gasteiger partial charge in [0, 0.05) is 32.4 Å². The molecular formula is C13H15N5. The van der Waals surface area contributed by atoms with Crippen LogP contribution in [0.5, 0.6) is 0 Å². The summed E-state index contributed by atoms with van der Waals surface area (Å²) < 4.78 is 2.07. The fourth-order valence-corrected chi connectivity index (χ4v) is 2.03. The van der Waals surface area contributed by atoms with Crippen molar-refractivity contribution in [3.63, 3.8) is 0 Å². The van der Waals surface area contributed by atoms with Crippen molar-refractivity contribution in [1.29, 1.82) is 0 Å². The molecule has 0 atom stereocenters. The molecule has 0 saturated carbocycles. The van der Waals surface area contributed by atoms with E-state index < -0.39 is 0 Å². The Hall–Kier alpha value is -2.30. The molecule has 0 aliphatic heterocycles. The van der Waals surface area contributed by atoms with Gasteiger partial charge >= 0.3 is 0 Å². The number of imidazole rings is 2. The monoisotopic (exact) mass is 241 g/mol. The quantitative estimate of drug-likeness (QED) is 0.734. The first-order valence-electron chi connectivity index (χ1n) is 5.98. The summed E-state index contributed by atoms with van der Waals surface area (Å²) in [6.45, 7) is 0.810. The van der Waals surface area contributed by atoms with Crippen molar-refractivity contribution in [3.8, 4) is 0 Å². The van der Waals surface area contributed by atoms with Gasteiger partial charge in [-0.1, -0.05) is 12.1 Å². The lowest BCUT2D eigenvalue weighted by atomic mass is 10.3. The third kappa shape index (κ3) is 1.95. The first-order chi connectivity index (χ1) is 8.84.